The number of sulfonamides is 1. The van der Waals surface area contributed by atoms with E-state index in [4.69, 9.17) is 4.74 Å². The van der Waals surface area contributed by atoms with Crippen molar-refractivity contribution in [2.45, 2.75) is 31.2 Å². The number of hydrogen-bond donors (Lipinski definition) is 1. The topological polar surface area (TPSA) is 75.7 Å². The summed E-state index contributed by atoms with van der Waals surface area (Å²) in [6, 6.07) is 22.6. The van der Waals surface area contributed by atoms with Crippen molar-refractivity contribution in [1.29, 1.82) is 0 Å². The third kappa shape index (κ3) is 6.18. The fourth-order valence-corrected chi connectivity index (χ4v) is 4.24. The highest BCUT2D eigenvalue weighted by atomic mass is 32.2. The third-order valence-corrected chi connectivity index (χ3v) is 6.75. The number of unbranched alkanes of at least 4 members (excludes halogenated alkanes) is 1. The van der Waals surface area contributed by atoms with Gasteiger partial charge in [-0.15, -0.1) is 0 Å². The van der Waals surface area contributed by atoms with E-state index in [0.29, 0.717) is 23.6 Å². The van der Waals surface area contributed by atoms with Crippen LogP contribution in [0.2, 0.25) is 0 Å². The Morgan fingerprint density at radius 2 is 1.69 bits per heavy atom. The van der Waals surface area contributed by atoms with E-state index in [0.717, 1.165) is 18.4 Å². The van der Waals surface area contributed by atoms with Crippen molar-refractivity contribution in [3.8, 4) is 5.75 Å². The van der Waals surface area contributed by atoms with Gasteiger partial charge >= 0.3 is 0 Å². The molecule has 0 aliphatic carbocycles. The number of nitrogens with zero attached hydrogens (tertiary/aromatic N) is 1. The number of anilines is 1. The number of hydrogen-bond acceptors (Lipinski definition) is 4. The van der Waals surface area contributed by atoms with Crippen molar-refractivity contribution < 1.29 is 17.9 Å². The summed E-state index contributed by atoms with van der Waals surface area (Å²) in [5.74, 6) is 0.358. The van der Waals surface area contributed by atoms with E-state index in [-0.39, 0.29) is 17.3 Å². The summed E-state index contributed by atoms with van der Waals surface area (Å²) in [7, 11) is -2.10. The Hall–Kier alpha value is -3.16. The van der Waals surface area contributed by atoms with E-state index in [2.05, 4.69) is 12.2 Å². The predicted octanol–water partition coefficient (Wildman–Crippen LogP) is 4.94. The van der Waals surface area contributed by atoms with Crippen LogP contribution >= 0.6 is 0 Å². The SMILES string of the molecule is CCCCOc1cccc(C(=O)Nc2ccc(S(=O)(=O)N(C)Cc3ccccc3)cc2)c1. The Morgan fingerprint density at radius 3 is 2.38 bits per heavy atom. The van der Waals surface area contributed by atoms with Crippen LogP contribution in [0.15, 0.2) is 83.8 Å². The van der Waals surface area contributed by atoms with Gasteiger partial charge in [0.25, 0.3) is 5.91 Å². The molecule has 3 rings (SSSR count). The van der Waals surface area contributed by atoms with Crippen LogP contribution in [-0.2, 0) is 16.6 Å². The maximum Gasteiger partial charge on any atom is 0.255 e. The van der Waals surface area contributed by atoms with E-state index in [9.17, 15) is 13.2 Å². The second-order valence-corrected chi connectivity index (χ2v) is 9.50. The average Bonchev–Trinajstić information content (AvgIpc) is 2.80. The molecule has 0 atom stereocenters. The van der Waals surface area contributed by atoms with E-state index in [1.165, 1.54) is 16.4 Å². The fraction of sp³-hybridized carbons (Fsp3) is 0.240. The van der Waals surface area contributed by atoms with E-state index >= 15 is 0 Å². The summed E-state index contributed by atoms with van der Waals surface area (Å²) in [4.78, 5) is 12.8. The molecule has 3 aromatic rings. The number of ether oxygens (including phenoxy) is 1. The van der Waals surface area contributed by atoms with Crippen LogP contribution in [0.4, 0.5) is 5.69 Å². The number of carbonyl (C=O) groups excluding carboxylic acids is 1. The molecule has 0 aromatic heterocycles. The van der Waals surface area contributed by atoms with Gasteiger partial charge in [-0.05, 0) is 54.4 Å². The summed E-state index contributed by atoms with van der Waals surface area (Å²) in [5.41, 5.74) is 1.89. The van der Waals surface area contributed by atoms with Gasteiger partial charge in [-0.2, -0.15) is 4.31 Å². The summed E-state index contributed by atoms with van der Waals surface area (Å²) in [5, 5.41) is 2.80. The molecule has 0 fully saturated rings. The number of amides is 1. The largest absolute Gasteiger partial charge is 0.494 e. The lowest BCUT2D eigenvalue weighted by molar-refractivity contribution is 0.102. The summed E-state index contributed by atoms with van der Waals surface area (Å²) in [6.45, 7) is 2.97. The molecule has 0 saturated carbocycles. The molecule has 1 amide bonds. The van der Waals surface area contributed by atoms with Crippen LogP contribution in [0.3, 0.4) is 0 Å². The van der Waals surface area contributed by atoms with Crippen molar-refractivity contribution in [3.05, 3.63) is 90.0 Å². The molecule has 0 aliphatic rings. The van der Waals surface area contributed by atoms with Gasteiger partial charge in [-0.3, -0.25) is 4.79 Å². The molecule has 0 bridgehead atoms. The second kappa shape index (κ2) is 10.9. The van der Waals surface area contributed by atoms with Crippen molar-refractivity contribution in [2.24, 2.45) is 0 Å². The highest BCUT2D eigenvalue weighted by Gasteiger charge is 2.21. The smallest absolute Gasteiger partial charge is 0.255 e. The maximum atomic E-state index is 12.9. The molecule has 0 unspecified atom stereocenters. The normalized spacial score (nSPS) is 11.3. The maximum absolute atomic E-state index is 12.9. The highest BCUT2D eigenvalue weighted by Crippen LogP contribution is 2.20. The molecule has 0 heterocycles. The highest BCUT2D eigenvalue weighted by molar-refractivity contribution is 7.89. The molecule has 168 valence electrons. The molecule has 3 aromatic carbocycles. The standard InChI is InChI=1S/C25H28N2O4S/c1-3-4-17-31-23-12-8-11-21(18-23)25(28)26-22-13-15-24(16-14-22)32(29,30)27(2)19-20-9-6-5-7-10-20/h5-16,18H,3-4,17,19H2,1-2H3,(H,26,28). The minimum atomic E-state index is -3.65. The lowest BCUT2D eigenvalue weighted by Gasteiger charge is -2.17. The van der Waals surface area contributed by atoms with Crippen LogP contribution in [0, 0.1) is 0 Å². The second-order valence-electron chi connectivity index (χ2n) is 7.46. The molecule has 1 N–H and O–H groups in total. The van der Waals surface area contributed by atoms with Crippen LogP contribution in [0.5, 0.6) is 5.75 Å². The van der Waals surface area contributed by atoms with Crippen LogP contribution in [-0.4, -0.2) is 32.3 Å². The first-order valence-electron chi connectivity index (χ1n) is 10.5. The van der Waals surface area contributed by atoms with E-state index in [1.807, 2.05) is 36.4 Å². The Kier molecular flexibility index (Phi) is 8.03. The summed E-state index contributed by atoms with van der Waals surface area (Å²) in [6.07, 6.45) is 1.99. The zero-order valence-corrected chi connectivity index (χ0v) is 19.1. The van der Waals surface area contributed by atoms with E-state index in [1.54, 1.807) is 37.4 Å². The van der Waals surface area contributed by atoms with Crippen molar-refractivity contribution in [1.82, 2.24) is 4.31 Å². The molecular formula is C25H28N2O4S. The molecular weight excluding hydrogens is 424 g/mol. The fourth-order valence-electron chi connectivity index (χ4n) is 3.08. The van der Waals surface area contributed by atoms with Gasteiger partial charge in [0.1, 0.15) is 5.75 Å². The minimum absolute atomic E-state index is 0.167. The number of carbonyl (C=O) groups is 1. The first kappa shape index (κ1) is 23.5. The first-order valence-corrected chi connectivity index (χ1v) is 12.0. The third-order valence-electron chi connectivity index (χ3n) is 4.93. The summed E-state index contributed by atoms with van der Waals surface area (Å²) >= 11 is 0. The Labute approximate surface area is 189 Å². The Bertz CT molecular complexity index is 1130. The van der Waals surface area contributed by atoms with Crippen molar-refractivity contribution in [2.75, 3.05) is 19.0 Å². The minimum Gasteiger partial charge on any atom is -0.494 e. The lowest BCUT2D eigenvalue weighted by atomic mass is 10.2. The van der Waals surface area contributed by atoms with Crippen molar-refractivity contribution in [3.63, 3.8) is 0 Å². The average molecular weight is 453 g/mol. The molecule has 0 aliphatic heterocycles. The zero-order valence-electron chi connectivity index (χ0n) is 18.3. The van der Waals surface area contributed by atoms with Gasteiger partial charge in [0, 0.05) is 24.8 Å². The van der Waals surface area contributed by atoms with Gasteiger partial charge in [-0.25, -0.2) is 8.42 Å². The number of nitrogens with one attached hydrogen (secondary N) is 1. The van der Waals surface area contributed by atoms with Gasteiger partial charge in [0.2, 0.25) is 10.0 Å². The first-order chi connectivity index (χ1) is 15.4. The quantitative estimate of drug-likeness (QED) is 0.442. The van der Waals surface area contributed by atoms with Crippen LogP contribution in [0.1, 0.15) is 35.7 Å². The predicted molar refractivity (Wildman–Crippen MR) is 126 cm³/mol. The molecule has 6 nitrogen and oxygen atoms in total. The molecule has 0 radical (unpaired) electrons. The molecule has 0 saturated heterocycles. The lowest BCUT2D eigenvalue weighted by Crippen LogP contribution is -2.26. The Morgan fingerprint density at radius 1 is 0.969 bits per heavy atom. The number of benzene rings is 3. The van der Waals surface area contributed by atoms with E-state index < -0.39 is 10.0 Å². The molecule has 7 heteroatoms. The van der Waals surface area contributed by atoms with Crippen LogP contribution in [0.25, 0.3) is 0 Å². The summed E-state index contributed by atoms with van der Waals surface area (Å²) < 4.78 is 32.7. The van der Waals surface area contributed by atoms with Gasteiger partial charge in [-0.1, -0.05) is 49.7 Å². The van der Waals surface area contributed by atoms with Crippen LogP contribution < -0.4 is 10.1 Å². The van der Waals surface area contributed by atoms with Gasteiger partial charge < -0.3 is 10.1 Å². The number of rotatable bonds is 10. The zero-order chi connectivity index (χ0) is 23.0. The van der Waals surface area contributed by atoms with Gasteiger partial charge in [0.15, 0.2) is 0 Å². The van der Waals surface area contributed by atoms with Crippen molar-refractivity contribution >= 4 is 21.6 Å². The Balaban J connectivity index is 1.65. The molecule has 0 spiro atoms. The molecule has 32 heavy (non-hydrogen) atoms. The van der Waals surface area contributed by atoms with Gasteiger partial charge in [0.05, 0.1) is 11.5 Å². The monoisotopic (exact) mass is 452 g/mol.